The van der Waals surface area contributed by atoms with Gasteiger partial charge in [0.1, 0.15) is 5.60 Å². The molecule has 2 saturated heterocycles. The molecule has 8 heteroatoms. The molecular weight excluding hydrogens is 320 g/mol. The Morgan fingerprint density at radius 1 is 1.20 bits per heavy atom. The van der Waals surface area contributed by atoms with Gasteiger partial charge in [0.2, 0.25) is 0 Å². The van der Waals surface area contributed by atoms with Gasteiger partial charge in [-0.3, -0.25) is 9.89 Å². The fourth-order valence-electron chi connectivity index (χ4n) is 2.97. The molecule has 0 bridgehead atoms. The number of rotatable bonds is 3. The monoisotopic (exact) mass is 354 g/mol. The van der Waals surface area contributed by atoms with E-state index in [9.17, 15) is 4.79 Å². The maximum atomic E-state index is 12.0. The Morgan fingerprint density at radius 3 is 2.48 bits per heavy atom. The van der Waals surface area contributed by atoms with Gasteiger partial charge < -0.3 is 25.2 Å². The lowest BCUT2D eigenvalue weighted by Gasteiger charge is -2.41. The van der Waals surface area contributed by atoms with E-state index in [1.54, 1.807) is 11.9 Å². The van der Waals surface area contributed by atoms with Crippen molar-refractivity contribution in [1.29, 1.82) is 0 Å². The molecule has 1 atom stereocenters. The van der Waals surface area contributed by atoms with Crippen molar-refractivity contribution >= 4 is 12.1 Å². The lowest BCUT2D eigenvalue weighted by Crippen LogP contribution is -2.63. The van der Waals surface area contributed by atoms with Crippen LogP contribution in [0.2, 0.25) is 0 Å². The molecule has 1 amide bonds. The average Bonchev–Trinajstić information content (AvgIpc) is 2.46. The lowest BCUT2D eigenvalue weighted by atomic mass is 10.1. The van der Waals surface area contributed by atoms with Gasteiger partial charge in [0.15, 0.2) is 5.96 Å². The zero-order valence-corrected chi connectivity index (χ0v) is 16.5. The molecule has 2 rings (SSSR count). The van der Waals surface area contributed by atoms with Crippen LogP contribution in [0.15, 0.2) is 4.99 Å². The molecule has 2 heterocycles. The van der Waals surface area contributed by atoms with E-state index in [-0.39, 0.29) is 12.1 Å². The molecule has 2 fully saturated rings. The van der Waals surface area contributed by atoms with Crippen molar-refractivity contribution < 1.29 is 9.53 Å². The van der Waals surface area contributed by atoms with Crippen LogP contribution in [0.25, 0.3) is 0 Å². The van der Waals surface area contributed by atoms with Crippen molar-refractivity contribution in [3.8, 4) is 0 Å². The number of aliphatic imine (C=N–C) groups is 1. The minimum absolute atomic E-state index is 0.213. The Bertz CT molecular complexity index is 484. The second-order valence-electron chi connectivity index (χ2n) is 8.08. The molecule has 25 heavy (non-hydrogen) atoms. The molecule has 2 aliphatic rings. The van der Waals surface area contributed by atoms with Gasteiger partial charge in [-0.1, -0.05) is 0 Å². The number of amides is 1. The van der Waals surface area contributed by atoms with Gasteiger partial charge in [0.05, 0.1) is 6.04 Å². The van der Waals surface area contributed by atoms with E-state index < -0.39 is 5.60 Å². The number of nitrogens with one attached hydrogen (secondary N) is 2. The summed E-state index contributed by atoms with van der Waals surface area (Å²) in [5.74, 6) is 0.787. The van der Waals surface area contributed by atoms with Crippen molar-refractivity contribution in [3.05, 3.63) is 0 Å². The maximum Gasteiger partial charge on any atom is 0.410 e. The highest BCUT2D eigenvalue weighted by atomic mass is 16.6. The SMILES string of the molecule is CN=C(NCC1CN(C)CCN1C)NC1CN(C(=O)OC(C)(C)C)C1. The first-order chi connectivity index (χ1) is 11.7. The highest BCUT2D eigenvalue weighted by molar-refractivity contribution is 5.80. The summed E-state index contributed by atoms with van der Waals surface area (Å²) in [5.41, 5.74) is -0.452. The normalized spacial score (nSPS) is 24.0. The van der Waals surface area contributed by atoms with Crippen LogP contribution in [-0.4, -0.2) is 105 Å². The minimum Gasteiger partial charge on any atom is -0.444 e. The molecule has 0 aromatic carbocycles. The van der Waals surface area contributed by atoms with Crippen LogP contribution in [0.3, 0.4) is 0 Å². The number of piperazine rings is 1. The summed E-state index contributed by atoms with van der Waals surface area (Å²) in [6.45, 7) is 11.0. The van der Waals surface area contributed by atoms with Crippen LogP contribution in [0.5, 0.6) is 0 Å². The molecule has 0 saturated carbocycles. The molecule has 0 aliphatic carbocycles. The second-order valence-corrected chi connectivity index (χ2v) is 8.08. The number of guanidine groups is 1. The lowest BCUT2D eigenvalue weighted by molar-refractivity contribution is 0.00699. The molecule has 0 aromatic heterocycles. The van der Waals surface area contributed by atoms with E-state index in [1.165, 1.54) is 0 Å². The summed E-state index contributed by atoms with van der Waals surface area (Å²) in [5, 5.41) is 6.78. The molecular formula is C17H34N6O2. The number of likely N-dealkylation sites (tertiary alicyclic amines) is 1. The Morgan fingerprint density at radius 2 is 1.88 bits per heavy atom. The standard InChI is InChI=1S/C17H34N6O2/c1-17(2,3)25-16(24)23-10-13(11-23)20-15(18-4)19-9-14-12-21(5)7-8-22(14)6/h13-14H,7-12H2,1-6H3,(H2,18,19,20). The number of hydrogen-bond donors (Lipinski definition) is 2. The first-order valence-corrected chi connectivity index (χ1v) is 9.02. The Labute approximate surface area is 151 Å². The Balaban J connectivity index is 1.70. The van der Waals surface area contributed by atoms with Gasteiger partial charge in [-0.15, -0.1) is 0 Å². The van der Waals surface area contributed by atoms with Gasteiger partial charge in [0, 0.05) is 52.4 Å². The van der Waals surface area contributed by atoms with Crippen LogP contribution < -0.4 is 10.6 Å². The van der Waals surface area contributed by atoms with Crippen molar-refractivity contribution in [3.63, 3.8) is 0 Å². The molecule has 0 radical (unpaired) electrons. The Kier molecular flexibility index (Phi) is 6.51. The maximum absolute atomic E-state index is 12.0. The molecule has 0 spiro atoms. The number of ether oxygens (including phenoxy) is 1. The summed E-state index contributed by atoms with van der Waals surface area (Å²) >= 11 is 0. The minimum atomic E-state index is -0.452. The van der Waals surface area contributed by atoms with E-state index >= 15 is 0 Å². The number of likely N-dealkylation sites (N-methyl/N-ethyl adjacent to an activating group) is 2. The fraction of sp³-hybridized carbons (Fsp3) is 0.882. The number of carbonyl (C=O) groups excluding carboxylic acids is 1. The summed E-state index contributed by atoms with van der Waals surface area (Å²) in [6, 6.07) is 0.683. The first kappa shape index (κ1) is 19.8. The average molecular weight is 354 g/mol. The van der Waals surface area contributed by atoms with Gasteiger partial charge in [-0.05, 0) is 34.9 Å². The van der Waals surface area contributed by atoms with Crippen molar-refractivity contribution in [2.45, 2.75) is 38.5 Å². The highest BCUT2D eigenvalue weighted by Crippen LogP contribution is 2.15. The molecule has 0 aromatic rings. The molecule has 1 unspecified atom stereocenters. The number of nitrogens with zero attached hydrogens (tertiary/aromatic N) is 4. The fourth-order valence-corrected chi connectivity index (χ4v) is 2.97. The third kappa shape index (κ3) is 6.04. The van der Waals surface area contributed by atoms with Crippen molar-refractivity contribution in [2.24, 2.45) is 4.99 Å². The largest absolute Gasteiger partial charge is 0.444 e. The van der Waals surface area contributed by atoms with Gasteiger partial charge >= 0.3 is 6.09 Å². The van der Waals surface area contributed by atoms with E-state index in [0.29, 0.717) is 19.1 Å². The Hall–Kier alpha value is -1.54. The molecule has 2 aliphatic heterocycles. The summed E-state index contributed by atoms with van der Waals surface area (Å²) in [7, 11) is 6.10. The van der Waals surface area contributed by atoms with Crippen LogP contribution in [0.4, 0.5) is 4.79 Å². The summed E-state index contributed by atoms with van der Waals surface area (Å²) < 4.78 is 5.37. The van der Waals surface area contributed by atoms with E-state index in [0.717, 1.165) is 32.1 Å². The molecule has 8 nitrogen and oxygen atoms in total. The van der Waals surface area contributed by atoms with E-state index in [4.69, 9.17) is 4.74 Å². The third-order valence-corrected chi connectivity index (χ3v) is 4.58. The van der Waals surface area contributed by atoms with Crippen molar-refractivity contribution in [1.82, 2.24) is 25.3 Å². The molecule has 144 valence electrons. The summed E-state index contributed by atoms with van der Waals surface area (Å²) in [4.78, 5) is 22.7. The zero-order valence-electron chi connectivity index (χ0n) is 16.5. The van der Waals surface area contributed by atoms with Crippen LogP contribution in [0.1, 0.15) is 20.8 Å². The second kappa shape index (κ2) is 8.23. The van der Waals surface area contributed by atoms with Crippen LogP contribution >= 0.6 is 0 Å². The third-order valence-electron chi connectivity index (χ3n) is 4.58. The van der Waals surface area contributed by atoms with Gasteiger partial charge in [0.25, 0.3) is 0 Å². The predicted molar refractivity (Wildman–Crippen MR) is 100 cm³/mol. The zero-order chi connectivity index (χ0) is 18.6. The van der Waals surface area contributed by atoms with Gasteiger partial charge in [-0.2, -0.15) is 0 Å². The van der Waals surface area contributed by atoms with Crippen molar-refractivity contribution in [2.75, 3.05) is 60.4 Å². The molecule has 2 N–H and O–H groups in total. The van der Waals surface area contributed by atoms with Crippen LogP contribution in [0, 0.1) is 0 Å². The van der Waals surface area contributed by atoms with Gasteiger partial charge in [-0.25, -0.2) is 4.79 Å². The number of carbonyl (C=O) groups is 1. The predicted octanol–water partition coefficient (Wildman–Crippen LogP) is 0.0165. The first-order valence-electron chi connectivity index (χ1n) is 9.02. The topological polar surface area (TPSA) is 72.4 Å². The van der Waals surface area contributed by atoms with Crippen LogP contribution in [-0.2, 0) is 4.74 Å². The smallest absolute Gasteiger partial charge is 0.410 e. The number of hydrogen-bond acceptors (Lipinski definition) is 5. The van der Waals surface area contributed by atoms with E-state index in [2.05, 4.69) is 39.5 Å². The quantitative estimate of drug-likeness (QED) is 0.550. The van der Waals surface area contributed by atoms with E-state index in [1.807, 2.05) is 20.8 Å². The summed E-state index contributed by atoms with van der Waals surface area (Å²) in [6.07, 6.45) is -0.250. The highest BCUT2D eigenvalue weighted by Gasteiger charge is 2.34.